The molecule has 0 aliphatic carbocycles. The van der Waals surface area contributed by atoms with Crippen molar-refractivity contribution >= 4 is 44.0 Å². The van der Waals surface area contributed by atoms with E-state index in [1.165, 1.54) is 0 Å². The molecule has 0 unspecified atom stereocenters. The van der Waals surface area contributed by atoms with Crippen molar-refractivity contribution in [2.24, 2.45) is 5.10 Å². The van der Waals surface area contributed by atoms with Crippen molar-refractivity contribution in [3.63, 3.8) is 0 Å². The van der Waals surface area contributed by atoms with Crippen molar-refractivity contribution in [1.29, 1.82) is 0 Å². The van der Waals surface area contributed by atoms with Gasteiger partial charge in [0.2, 0.25) is 0 Å². The number of hydrogen-bond donors (Lipinski definition) is 1. The summed E-state index contributed by atoms with van der Waals surface area (Å²) >= 11 is 6.83. The molecule has 0 fully saturated rings. The number of carbonyl (C=O) groups is 1. The molecule has 0 spiro atoms. The molecule has 0 saturated heterocycles. The first-order chi connectivity index (χ1) is 11.0. The number of aryl methyl sites for hydroxylation is 2. The second-order valence-corrected chi connectivity index (χ2v) is 6.74. The predicted octanol–water partition coefficient (Wildman–Crippen LogP) is 4.36. The minimum Gasteiger partial charge on any atom is -0.482 e. The second kappa shape index (κ2) is 8.26. The molecule has 2 aromatic carbocycles. The van der Waals surface area contributed by atoms with Crippen molar-refractivity contribution in [2.75, 3.05) is 6.61 Å². The SMILES string of the molecule is Cc1ccccc1C=NNC(=O)COc1c(C)cc(Br)cc1Br. The zero-order valence-corrected chi connectivity index (χ0v) is 15.9. The fourth-order valence-electron chi connectivity index (χ4n) is 1.95. The normalized spacial score (nSPS) is 10.8. The van der Waals surface area contributed by atoms with Crippen LogP contribution in [0.25, 0.3) is 0 Å². The number of benzene rings is 2. The first kappa shape index (κ1) is 17.7. The molecule has 2 aromatic rings. The predicted molar refractivity (Wildman–Crippen MR) is 99.0 cm³/mol. The molecule has 23 heavy (non-hydrogen) atoms. The van der Waals surface area contributed by atoms with Crippen LogP contribution in [-0.2, 0) is 4.79 Å². The molecule has 6 heteroatoms. The van der Waals surface area contributed by atoms with E-state index in [1.54, 1.807) is 6.21 Å². The van der Waals surface area contributed by atoms with Gasteiger partial charge in [0.25, 0.3) is 5.91 Å². The molecule has 4 nitrogen and oxygen atoms in total. The maximum atomic E-state index is 11.8. The van der Waals surface area contributed by atoms with Crippen molar-refractivity contribution in [3.8, 4) is 5.75 Å². The summed E-state index contributed by atoms with van der Waals surface area (Å²) in [5, 5.41) is 3.95. The number of nitrogens with zero attached hydrogens (tertiary/aromatic N) is 1. The summed E-state index contributed by atoms with van der Waals surface area (Å²) in [5.41, 5.74) is 5.44. The van der Waals surface area contributed by atoms with Crippen LogP contribution >= 0.6 is 31.9 Å². The summed E-state index contributed by atoms with van der Waals surface area (Å²) in [4.78, 5) is 11.8. The van der Waals surface area contributed by atoms with Crippen molar-refractivity contribution in [3.05, 3.63) is 62.0 Å². The van der Waals surface area contributed by atoms with Gasteiger partial charge in [-0.25, -0.2) is 5.43 Å². The summed E-state index contributed by atoms with van der Waals surface area (Å²) in [6, 6.07) is 11.6. The number of halogens is 2. The Labute approximate surface area is 152 Å². The number of carbonyl (C=O) groups excluding carboxylic acids is 1. The van der Waals surface area contributed by atoms with Crippen LogP contribution in [0.1, 0.15) is 16.7 Å². The molecule has 120 valence electrons. The highest BCUT2D eigenvalue weighted by atomic mass is 79.9. The van der Waals surface area contributed by atoms with Crippen LogP contribution in [-0.4, -0.2) is 18.7 Å². The van der Waals surface area contributed by atoms with Crippen molar-refractivity contribution in [1.82, 2.24) is 5.43 Å². The maximum Gasteiger partial charge on any atom is 0.277 e. The van der Waals surface area contributed by atoms with E-state index >= 15 is 0 Å². The number of hydrazone groups is 1. The van der Waals surface area contributed by atoms with E-state index in [0.29, 0.717) is 5.75 Å². The van der Waals surface area contributed by atoms with Gasteiger partial charge in [-0.05, 0) is 58.6 Å². The van der Waals surface area contributed by atoms with Gasteiger partial charge in [0.05, 0.1) is 10.7 Å². The third kappa shape index (κ3) is 5.18. The van der Waals surface area contributed by atoms with Crippen LogP contribution < -0.4 is 10.2 Å². The van der Waals surface area contributed by atoms with Gasteiger partial charge in [0.1, 0.15) is 5.75 Å². The zero-order valence-electron chi connectivity index (χ0n) is 12.8. The van der Waals surface area contributed by atoms with E-state index in [2.05, 4.69) is 42.4 Å². The number of ether oxygens (including phenoxy) is 1. The molecular formula is C17H16Br2N2O2. The number of hydrogen-bond acceptors (Lipinski definition) is 3. The molecule has 0 bridgehead atoms. The lowest BCUT2D eigenvalue weighted by Crippen LogP contribution is -2.24. The molecule has 1 amide bonds. The van der Waals surface area contributed by atoms with E-state index in [4.69, 9.17) is 4.74 Å². The first-order valence-electron chi connectivity index (χ1n) is 6.93. The monoisotopic (exact) mass is 438 g/mol. The van der Waals surface area contributed by atoms with Gasteiger partial charge in [0, 0.05) is 4.47 Å². The number of rotatable bonds is 5. The molecule has 0 aliphatic heterocycles. The summed E-state index contributed by atoms with van der Waals surface area (Å²) in [6.45, 7) is 3.80. The van der Waals surface area contributed by atoms with Gasteiger partial charge in [0.15, 0.2) is 6.61 Å². The van der Waals surface area contributed by atoms with Gasteiger partial charge >= 0.3 is 0 Å². The Morgan fingerprint density at radius 1 is 1.22 bits per heavy atom. The Hall–Kier alpha value is -1.66. The van der Waals surface area contributed by atoms with Crippen LogP contribution in [0.4, 0.5) is 0 Å². The van der Waals surface area contributed by atoms with E-state index in [1.807, 2.05) is 50.2 Å². The van der Waals surface area contributed by atoms with E-state index in [9.17, 15) is 4.79 Å². The topological polar surface area (TPSA) is 50.7 Å². The molecule has 0 saturated carbocycles. The summed E-state index contributed by atoms with van der Waals surface area (Å²) < 4.78 is 7.30. The van der Waals surface area contributed by atoms with Crippen molar-refractivity contribution in [2.45, 2.75) is 13.8 Å². The standard InChI is InChI=1S/C17H16Br2N2O2/c1-11-5-3-4-6-13(11)9-20-21-16(22)10-23-17-12(2)7-14(18)8-15(17)19/h3-9H,10H2,1-2H3,(H,21,22). The minimum atomic E-state index is -0.316. The number of nitrogens with one attached hydrogen (secondary N) is 1. The Bertz CT molecular complexity index is 722. The van der Waals surface area contributed by atoms with Gasteiger partial charge in [-0.3, -0.25) is 4.79 Å². The fourth-order valence-corrected chi connectivity index (χ4v) is 3.50. The van der Waals surface area contributed by atoms with Crippen LogP contribution in [0.15, 0.2) is 50.4 Å². The van der Waals surface area contributed by atoms with Crippen LogP contribution in [0, 0.1) is 13.8 Å². The van der Waals surface area contributed by atoms with Gasteiger partial charge in [-0.1, -0.05) is 40.2 Å². The zero-order chi connectivity index (χ0) is 16.8. The molecule has 0 heterocycles. The maximum absolute atomic E-state index is 11.8. The van der Waals surface area contributed by atoms with Crippen LogP contribution in [0.3, 0.4) is 0 Å². The lowest BCUT2D eigenvalue weighted by atomic mass is 10.1. The Morgan fingerprint density at radius 3 is 2.65 bits per heavy atom. The molecule has 0 atom stereocenters. The summed E-state index contributed by atoms with van der Waals surface area (Å²) in [5.74, 6) is 0.329. The fraction of sp³-hybridized carbons (Fsp3) is 0.176. The lowest BCUT2D eigenvalue weighted by molar-refractivity contribution is -0.123. The summed E-state index contributed by atoms with van der Waals surface area (Å²) in [7, 11) is 0. The van der Waals surface area contributed by atoms with E-state index in [0.717, 1.165) is 25.6 Å². The molecule has 0 aromatic heterocycles. The Balaban J connectivity index is 1.90. The van der Waals surface area contributed by atoms with E-state index in [-0.39, 0.29) is 12.5 Å². The summed E-state index contributed by atoms with van der Waals surface area (Å²) in [6.07, 6.45) is 1.62. The molecule has 2 rings (SSSR count). The highest BCUT2D eigenvalue weighted by molar-refractivity contribution is 9.11. The highest BCUT2D eigenvalue weighted by Gasteiger charge is 2.09. The minimum absolute atomic E-state index is 0.105. The van der Waals surface area contributed by atoms with Gasteiger partial charge in [-0.15, -0.1) is 0 Å². The smallest absolute Gasteiger partial charge is 0.277 e. The van der Waals surface area contributed by atoms with Gasteiger partial charge < -0.3 is 4.74 Å². The van der Waals surface area contributed by atoms with Crippen LogP contribution in [0.2, 0.25) is 0 Å². The van der Waals surface area contributed by atoms with Crippen molar-refractivity contribution < 1.29 is 9.53 Å². The van der Waals surface area contributed by atoms with Crippen LogP contribution in [0.5, 0.6) is 5.75 Å². The number of amides is 1. The average molecular weight is 440 g/mol. The largest absolute Gasteiger partial charge is 0.482 e. The third-order valence-corrected chi connectivity index (χ3v) is 4.17. The average Bonchev–Trinajstić information content (AvgIpc) is 2.48. The second-order valence-electron chi connectivity index (χ2n) is 4.97. The quantitative estimate of drug-likeness (QED) is 0.555. The lowest BCUT2D eigenvalue weighted by Gasteiger charge is -2.10. The van der Waals surface area contributed by atoms with Gasteiger partial charge in [-0.2, -0.15) is 5.10 Å². The molecule has 0 radical (unpaired) electrons. The Morgan fingerprint density at radius 2 is 1.96 bits per heavy atom. The third-order valence-electron chi connectivity index (χ3n) is 3.12. The molecule has 1 N–H and O–H groups in total. The Kier molecular flexibility index (Phi) is 6.36. The first-order valence-corrected chi connectivity index (χ1v) is 8.52. The highest BCUT2D eigenvalue weighted by Crippen LogP contribution is 2.32. The van der Waals surface area contributed by atoms with E-state index < -0.39 is 0 Å². The molecular weight excluding hydrogens is 424 g/mol. The molecule has 0 aliphatic rings.